The van der Waals surface area contributed by atoms with Crippen LogP contribution >= 0.6 is 0 Å². The molecule has 0 aliphatic heterocycles. The molecule has 0 saturated heterocycles. The molecule has 0 bridgehead atoms. The first-order valence-electron chi connectivity index (χ1n) is 8.81. The predicted octanol–water partition coefficient (Wildman–Crippen LogP) is 4.29. The lowest BCUT2D eigenvalue weighted by Gasteiger charge is -2.34. The third-order valence-electron chi connectivity index (χ3n) is 5.43. The first-order chi connectivity index (χ1) is 10.1. The minimum Gasteiger partial charge on any atom is -0.310 e. The van der Waals surface area contributed by atoms with Gasteiger partial charge in [0, 0.05) is 24.3 Å². The number of aryl methyl sites for hydroxylation is 2. The summed E-state index contributed by atoms with van der Waals surface area (Å²) in [5.41, 5.74) is 4.01. The topological polar surface area (TPSA) is 29.9 Å². The first-order valence-corrected chi connectivity index (χ1v) is 8.81. The molecule has 0 radical (unpaired) electrons. The van der Waals surface area contributed by atoms with Gasteiger partial charge in [-0.15, -0.1) is 0 Å². The molecule has 2 rings (SSSR count). The molecule has 3 heteroatoms. The van der Waals surface area contributed by atoms with E-state index < -0.39 is 0 Å². The molecule has 1 fully saturated rings. The summed E-state index contributed by atoms with van der Waals surface area (Å²) in [7, 11) is 2.07. The van der Waals surface area contributed by atoms with Crippen LogP contribution in [0.3, 0.4) is 0 Å². The Bertz CT molecular complexity index is 442. The number of hydrogen-bond acceptors (Lipinski definition) is 2. The average Bonchev–Trinajstić information content (AvgIpc) is 2.74. The van der Waals surface area contributed by atoms with Crippen molar-refractivity contribution in [3.8, 4) is 0 Å². The van der Waals surface area contributed by atoms with E-state index in [9.17, 15) is 0 Å². The van der Waals surface area contributed by atoms with Gasteiger partial charge < -0.3 is 5.32 Å². The van der Waals surface area contributed by atoms with E-state index in [1.54, 1.807) is 0 Å². The first kappa shape index (κ1) is 16.5. The van der Waals surface area contributed by atoms with E-state index in [1.165, 1.54) is 55.5 Å². The Morgan fingerprint density at radius 2 is 1.86 bits per heavy atom. The number of aromatic nitrogens is 2. The lowest BCUT2D eigenvalue weighted by Crippen LogP contribution is -2.32. The lowest BCUT2D eigenvalue weighted by molar-refractivity contribution is 0.218. The van der Waals surface area contributed by atoms with Gasteiger partial charge in [0.1, 0.15) is 0 Å². The largest absolute Gasteiger partial charge is 0.310 e. The molecule has 1 aliphatic carbocycles. The molecule has 0 spiro atoms. The molecule has 0 amide bonds. The summed E-state index contributed by atoms with van der Waals surface area (Å²) < 4.78 is 2.04. The Hall–Kier alpha value is -0.830. The molecular weight excluding hydrogens is 258 g/mol. The molecule has 21 heavy (non-hydrogen) atoms. The fourth-order valence-corrected chi connectivity index (χ4v) is 3.97. The molecule has 1 saturated carbocycles. The Balaban J connectivity index is 2.18. The Labute approximate surface area is 130 Å². The minimum absolute atomic E-state index is 0.497. The van der Waals surface area contributed by atoms with Crippen LogP contribution in [0.2, 0.25) is 0 Å². The standard InChI is InChI=1S/C18H33N3/c1-6-12-19-18(16-10-8-15(7-2)9-11-16)17-13(3)20-21(5)14(17)4/h15-16,18-19H,6-12H2,1-5H3. The average molecular weight is 291 g/mol. The van der Waals surface area contributed by atoms with Crippen LogP contribution in [-0.2, 0) is 7.05 Å². The van der Waals surface area contributed by atoms with Crippen molar-refractivity contribution >= 4 is 0 Å². The Kier molecular flexibility index (Phi) is 5.86. The van der Waals surface area contributed by atoms with Crippen molar-refractivity contribution in [3.63, 3.8) is 0 Å². The number of nitrogens with one attached hydrogen (secondary N) is 1. The molecule has 3 nitrogen and oxygen atoms in total. The maximum absolute atomic E-state index is 4.64. The van der Waals surface area contributed by atoms with Gasteiger partial charge in [-0.1, -0.05) is 33.1 Å². The van der Waals surface area contributed by atoms with Crippen LogP contribution in [0, 0.1) is 25.7 Å². The molecule has 1 heterocycles. The molecule has 120 valence electrons. The molecule has 1 unspecified atom stereocenters. The SMILES string of the molecule is CCCNC(c1c(C)nn(C)c1C)C1CCC(CC)CC1. The highest BCUT2D eigenvalue weighted by Crippen LogP contribution is 2.39. The summed E-state index contributed by atoms with van der Waals surface area (Å²) in [5, 5.41) is 8.47. The van der Waals surface area contributed by atoms with Gasteiger partial charge in [0.2, 0.25) is 0 Å². The van der Waals surface area contributed by atoms with E-state index >= 15 is 0 Å². The van der Waals surface area contributed by atoms with Gasteiger partial charge >= 0.3 is 0 Å². The molecule has 1 aromatic heterocycles. The molecule has 1 N–H and O–H groups in total. The zero-order valence-corrected chi connectivity index (χ0v) is 14.6. The van der Waals surface area contributed by atoms with E-state index in [2.05, 4.69) is 45.2 Å². The summed E-state index contributed by atoms with van der Waals surface area (Å²) >= 11 is 0. The van der Waals surface area contributed by atoms with Crippen molar-refractivity contribution < 1.29 is 0 Å². The highest BCUT2D eigenvalue weighted by Gasteiger charge is 2.30. The summed E-state index contributed by atoms with van der Waals surface area (Å²) in [5.74, 6) is 1.74. The summed E-state index contributed by atoms with van der Waals surface area (Å²) in [6.07, 6.45) is 8.10. The maximum Gasteiger partial charge on any atom is 0.0644 e. The van der Waals surface area contributed by atoms with Gasteiger partial charge in [0.15, 0.2) is 0 Å². The summed E-state index contributed by atoms with van der Waals surface area (Å²) in [6, 6.07) is 0.497. The van der Waals surface area contributed by atoms with Gasteiger partial charge in [0.05, 0.1) is 5.69 Å². The zero-order valence-electron chi connectivity index (χ0n) is 14.6. The fourth-order valence-electron chi connectivity index (χ4n) is 3.97. The van der Waals surface area contributed by atoms with Crippen molar-refractivity contribution in [3.05, 3.63) is 17.0 Å². The highest BCUT2D eigenvalue weighted by molar-refractivity contribution is 5.29. The normalized spacial score (nSPS) is 24.2. The molecular formula is C18H33N3. The van der Waals surface area contributed by atoms with Crippen molar-refractivity contribution in [1.82, 2.24) is 15.1 Å². The molecule has 1 atom stereocenters. The van der Waals surface area contributed by atoms with Crippen molar-refractivity contribution in [1.29, 1.82) is 0 Å². The van der Waals surface area contributed by atoms with E-state index in [0.717, 1.165) is 18.4 Å². The maximum atomic E-state index is 4.64. The summed E-state index contributed by atoms with van der Waals surface area (Å²) in [4.78, 5) is 0. The van der Waals surface area contributed by atoms with E-state index in [0.29, 0.717) is 6.04 Å². The van der Waals surface area contributed by atoms with Gasteiger partial charge in [-0.25, -0.2) is 0 Å². The second-order valence-electron chi connectivity index (χ2n) is 6.83. The highest BCUT2D eigenvalue weighted by atomic mass is 15.3. The van der Waals surface area contributed by atoms with Crippen LogP contribution in [0.1, 0.15) is 75.4 Å². The van der Waals surface area contributed by atoms with E-state index in [1.807, 2.05) is 4.68 Å². The number of rotatable bonds is 6. The molecule has 1 aromatic rings. The smallest absolute Gasteiger partial charge is 0.0644 e. The quantitative estimate of drug-likeness (QED) is 0.847. The van der Waals surface area contributed by atoms with Crippen LogP contribution in [-0.4, -0.2) is 16.3 Å². The van der Waals surface area contributed by atoms with Crippen molar-refractivity contribution in [2.24, 2.45) is 18.9 Å². The van der Waals surface area contributed by atoms with Gasteiger partial charge in [-0.2, -0.15) is 5.10 Å². The van der Waals surface area contributed by atoms with Gasteiger partial charge in [-0.05, 0) is 51.5 Å². The summed E-state index contributed by atoms with van der Waals surface area (Å²) in [6.45, 7) is 10.1. The van der Waals surface area contributed by atoms with Crippen LogP contribution < -0.4 is 5.32 Å². The Morgan fingerprint density at radius 1 is 1.19 bits per heavy atom. The van der Waals surface area contributed by atoms with Crippen LogP contribution in [0.25, 0.3) is 0 Å². The Morgan fingerprint density at radius 3 is 2.33 bits per heavy atom. The molecule has 1 aliphatic rings. The number of hydrogen-bond donors (Lipinski definition) is 1. The van der Waals surface area contributed by atoms with Crippen molar-refractivity contribution in [2.75, 3.05) is 6.54 Å². The zero-order chi connectivity index (χ0) is 15.4. The second kappa shape index (κ2) is 7.44. The minimum atomic E-state index is 0.497. The second-order valence-corrected chi connectivity index (χ2v) is 6.83. The third kappa shape index (κ3) is 3.68. The van der Waals surface area contributed by atoms with Crippen LogP contribution in [0.4, 0.5) is 0 Å². The predicted molar refractivity (Wildman–Crippen MR) is 89.5 cm³/mol. The van der Waals surface area contributed by atoms with Crippen LogP contribution in [0.15, 0.2) is 0 Å². The van der Waals surface area contributed by atoms with Gasteiger partial charge in [0.25, 0.3) is 0 Å². The lowest BCUT2D eigenvalue weighted by atomic mass is 9.75. The van der Waals surface area contributed by atoms with Crippen LogP contribution in [0.5, 0.6) is 0 Å². The molecule has 0 aromatic carbocycles. The fraction of sp³-hybridized carbons (Fsp3) is 0.833. The van der Waals surface area contributed by atoms with Gasteiger partial charge in [-0.3, -0.25) is 4.68 Å². The van der Waals surface area contributed by atoms with E-state index in [4.69, 9.17) is 0 Å². The third-order valence-corrected chi connectivity index (χ3v) is 5.43. The number of nitrogens with zero attached hydrogens (tertiary/aromatic N) is 2. The van der Waals surface area contributed by atoms with Crippen molar-refractivity contribution in [2.45, 2.75) is 72.3 Å². The van der Waals surface area contributed by atoms with E-state index in [-0.39, 0.29) is 0 Å². The monoisotopic (exact) mass is 291 g/mol.